The van der Waals surface area contributed by atoms with Gasteiger partial charge in [0, 0.05) is 0 Å². The summed E-state index contributed by atoms with van der Waals surface area (Å²) in [5.74, 6) is 0. The Kier molecular flexibility index (Phi) is 34.6. The van der Waals surface area contributed by atoms with Gasteiger partial charge < -0.3 is 5.48 Å². The number of hydrogen-bond acceptors (Lipinski definition) is 0. The predicted molar refractivity (Wildman–Crippen MR) is 72.6 cm³/mol. The van der Waals surface area contributed by atoms with Crippen LogP contribution in [0.2, 0.25) is 21.1 Å². The fourth-order valence-electron chi connectivity index (χ4n) is 1.11. The topological polar surface area (TPSA) is 28.5 Å². The Morgan fingerprint density at radius 1 is 0.533 bits per heavy atom. The van der Waals surface area contributed by atoms with Gasteiger partial charge in [0.15, 0.2) is 0 Å². The van der Waals surface area contributed by atoms with E-state index in [4.69, 9.17) is 0 Å². The van der Waals surface area contributed by atoms with Crippen molar-refractivity contribution in [1.82, 2.24) is 0 Å². The Labute approximate surface area is 110 Å². The van der Waals surface area contributed by atoms with Crippen LogP contribution in [0.1, 0.15) is 53.4 Å². The van der Waals surface area contributed by atoms with Crippen LogP contribution >= 0.6 is 0 Å². The molecule has 0 aliphatic heterocycles. The van der Waals surface area contributed by atoms with Gasteiger partial charge in [-0.2, -0.15) is 0 Å². The zero-order valence-electron chi connectivity index (χ0n) is 11.2. The van der Waals surface area contributed by atoms with Gasteiger partial charge in [-0.05, 0) is 0 Å². The molecular formula is C12H28Al2O. The second kappa shape index (κ2) is 24.3. The van der Waals surface area contributed by atoms with Crippen molar-refractivity contribution in [1.29, 1.82) is 0 Å². The normalized spacial score (nSPS) is 7.73. The molecule has 0 fully saturated rings. The molecule has 0 aromatic heterocycles. The molecule has 0 unspecified atom stereocenters. The maximum absolute atomic E-state index is 2.27. The van der Waals surface area contributed by atoms with Crippen LogP contribution in [0.5, 0.6) is 0 Å². The van der Waals surface area contributed by atoms with E-state index in [2.05, 4.69) is 27.7 Å². The molecule has 0 N–H and O–H groups in total. The second-order valence-corrected chi connectivity index (χ2v) is 7.20. The van der Waals surface area contributed by atoms with Crippen LogP contribution in [-0.4, -0.2) is 30.4 Å². The molecule has 0 atom stereocenters. The van der Waals surface area contributed by atoms with Crippen molar-refractivity contribution < 1.29 is 5.48 Å². The molecule has 0 radical (unpaired) electrons. The molecule has 0 bridgehead atoms. The van der Waals surface area contributed by atoms with Crippen molar-refractivity contribution in [3.63, 3.8) is 0 Å². The summed E-state index contributed by atoms with van der Waals surface area (Å²) in [7, 11) is 0. The standard InChI is InChI=1S/4C3H7.2Al.O/c4*1-3-2;;;/h4*1,3H2,2H3;;;/q;;;;2*+1;-2. The van der Waals surface area contributed by atoms with Crippen LogP contribution in [-0.2, 0) is 5.48 Å². The Hall–Kier alpha value is 1.02. The third kappa shape index (κ3) is 31.3. The number of rotatable bonds is 8. The summed E-state index contributed by atoms with van der Waals surface area (Å²) in [5, 5.41) is 6.03. The van der Waals surface area contributed by atoms with E-state index in [-0.39, 0.29) is 5.48 Å². The molecule has 0 aromatic rings. The molecule has 0 aromatic carbocycles. The summed E-state index contributed by atoms with van der Waals surface area (Å²) in [5.41, 5.74) is 0. The molecule has 0 saturated carbocycles. The van der Waals surface area contributed by atoms with Crippen LogP contribution in [0, 0.1) is 0 Å². The molecule has 1 nitrogen and oxygen atoms in total. The van der Waals surface area contributed by atoms with Gasteiger partial charge >= 0.3 is 105 Å². The van der Waals surface area contributed by atoms with E-state index in [1.54, 1.807) is 0 Å². The smallest absolute Gasteiger partial charge is 2.00 e. The van der Waals surface area contributed by atoms with Crippen molar-refractivity contribution in [3.05, 3.63) is 0 Å². The van der Waals surface area contributed by atoms with Crippen LogP contribution < -0.4 is 0 Å². The number of hydrogen-bond donors (Lipinski definition) is 0. The first-order valence-electron chi connectivity index (χ1n) is 6.46. The van der Waals surface area contributed by atoms with Crippen molar-refractivity contribution in [2.45, 2.75) is 74.5 Å². The van der Waals surface area contributed by atoms with E-state index < -0.39 is 0 Å². The van der Waals surface area contributed by atoms with E-state index in [0.717, 1.165) is 30.4 Å². The average molecular weight is 242 g/mol. The molecule has 0 saturated heterocycles. The molecule has 0 heterocycles. The van der Waals surface area contributed by atoms with Crippen molar-refractivity contribution in [3.8, 4) is 0 Å². The summed E-state index contributed by atoms with van der Waals surface area (Å²) in [4.78, 5) is 0. The van der Waals surface area contributed by atoms with Gasteiger partial charge in [0.25, 0.3) is 0 Å². The minimum atomic E-state index is 0. The first-order chi connectivity index (χ1) is 6.83. The Morgan fingerprint density at radius 3 is 0.867 bits per heavy atom. The quantitative estimate of drug-likeness (QED) is 0.440. The zero-order valence-corrected chi connectivity index (χ0v) is 13.5. The van der Waals surface area contributed by atoms with E-state index in [9.17, 15) is 0 Å². The monoisotopic (exact) mass is 242 g/mol. The minimum Gasteiger partial charge on any atom is -2.00 e. The molecule has 3 heteroatoms. The van der Waals surface area contributed by atoms with E-state index >= 15 is 0 Å². The fraction of sp³-hybridized carbons (Fsp3) is 1.00. The molecule has 0 spiro atoms. The van der Waals surface area contributed by atoms with E-state index in [0.29, 0.717) is 0 Å². The summed E-state index contributed by atoms with van der Waals surface area (Å²) >= 11 is 1.64. The summed E-state index contributed by atoms with van der Waals surface area (Å²) in [6, 6.07) is 0. The molecule has 88 valence electrons. The molecule has 0 aliphatic rings. The molecule has 0 aliphatic carbocycles. The Bertz CT molecular complexity index is 62.0. The maximum atomic E-state index is 2.27. The fourth-order valence-corrected chi connectivity index (χ4v) is 3.32. The summed E-state index contributed by atoms with van der Waals surface area (Å²) in [6.45, 7) is 9.07. The van der Waals surface area contributed by atoms with Crippen molar-refractivity contribution in [2.75, 3.05) is 0 Å². The third-order valence-electron chi connectivity index (χ3n) is 1.97. The van der Waals surface area contributed by atoms with Crippen LogP contribution in [0.25, 0.3) is 0 Å². The van der Waals surface area contributed by atoms with E-state index in [1.165, 1.54) is 46.8 Å². The Balaban J connectivity index is -0.000000180. The summed E-state index contributed by atoms with van der Waals surface area (Å²) < 4.78 is 0. The van der Waals surface area contributed by atoms with Crippen molar-refractivity contribution >= 4 is 30.4 Å². The van der Waals surface area contributed by atoms with Gasteiger partial charge in [0.1, 0.15) is 0 Å². The van der Waals surface area contributed by atoms with Gasteiger partial charge in [-0.3, -0.25) is 0 Å². The summed E-state index contributed by atoms with van der Waals surface area (Å²) in [6.07, 6.45) is 5.59. The first-order valence-corrected chi connectivity index (χ1v) is 9.73. The predicted octanol–water partition coefficient (Wildman–Crippen LogP) is 4.58. The van der Waals surface area contributed by atoms with Crippen LogP contribution in [0.15, 0.2) is 0 Å². The second-order valence-electron chi connectivity index (χ2n) is 3.73. The van der Waals surface area contributed by atoms with Gasteiger partial charge in [-0.15, -0.1) is 0 Å². The Morgan fingerprint density at radius 2 is 0.733 bits per heavy atom. The molecule has 15 heavy (non-hydrogen) atoms. The minimum absolute atomic E-state index is 0. The largest absolute Gasteiger partial charge is 2.00 e. The van der Waals surface area contributed by atoms with Gasteiger partial charge in [0.2, 0.25) is 0 Å². The molecule has 0 amide bonds. The third-order valence-corrected chi connectivity index (χ3v) is 5.91. The van der Waals surface area contributed by atoms with E-state index in [1.807, 2.05) is 0 Å². The van der Waals surface area contributed by atoms with Crippen molar-refractivity contribution in [2.24, 2.45) is 0 Å². The maximum Gasteiger partial charge on any atom is -2.00 e. The van der Waals surface area contributed by atoms with Gasteiger partial charge in [-0.25, -0.2) is 0 Å². The molecular weight excluding hydrogens is 214 g/mol. The zero-order chi connectivity index (χ0) is 11.1. The van der Waals surface area contributed by atoms with Crippen LogP contribution in [0.3, 0.4) is 0 Å². The molecule has 0 rings (SSSR count). The first kappa shape index (κ1) is 21.3. The van der Waals surface area contributed by atoms with Gasteiger partial charge in [-0.1, -0.05) is 0 Å². The van der Waals surface area contributed by atoms with Crippen LogP contribution in [0.4, 0.5) is 0 Å². The van der Waals surface area contributed by atoms with Gasteiger partial charge in [0.05, 0.1) is 0 Å². The SMILES string of the molecule is CC[CH2][Al+][CH2]CC.CC[CH2][Al+][CH2]CC.[O-2]. The average Bonchev–Trinajstić information content (AvgIpc) is 2.21.